The molecule has 1 amide bonds. The van der Waals surface area contributed by atoms with Crippen molar-refractivity contribution >= 4 is 22.6 Å². The molecule has 0 saturated carbocycles. The van der Waals surface area contributed by atoms with E-state index in [2.05, 4.69) is 40.3 Å². The van der Waals surface area contributed by atoms with Crippen LogP contribution in [0.5, 0.6) is 0 Å². The average molecular weight is 366 g/mol. The van der Waals surface area contributed by atoms with Crippen LogP contribution in [0.2, 0.25) is 0 Å². The third-order valence-corrected chi connectivity index (χ3v) is 5.21. The Hall–Kier alpha value is -2.60. The molecule has 3 heterocycles. The fourth-order valence-corrected chi connectivity index (χ4v) is 3.73. The number of anilines is 1. The van der Waals surface area contributed by atoms with Gasteiger partial charge in [-0.1, -0.05) is 19.1 Å². The molecule has 6 nitrogen and oxygen atoms in total. The summed E-state index contributed by atoms with van der Waals surface area (Å²) in [5.41, 5.74) is 4.83. The molecule has 1 aromatic carbocycles. The van der Waals surface area contributed by atoms with E-state index in [0.717, 1.165) is 66.2 Å². The third-order valence-electron chi connectivity index (χ3n) is 5.21. The topological polar surface area (TPSA) is 72.1 Å². The maximum atomic E-state index is 12.5. The summed E-state index contributed by atoms with van der Waals surface area (Å²) in [6.45, 7) is 6.95. The van der Waals surface area contributed by atoms with Crippen LogP contribution in [0.15, 0.2) is 28.7 Å². The number of aryl methyl sites for hydroxylation is 4. The Morgan fingerprint density at radius 1 is 1.41 bits per heavy atom. The average Bonchev–Trinajstić information content (AvgIpc) is 3.14. The summed E-state index contributed by atoms with van der Waals surface area (Å²) in [5, 5.41) is 12.1. The molecule has 1 aliphatic heterocycles. The molecule has 0 saturated heterocycles. The van der Waals surface area contributed by atoms with Gasteiger partial charge in [0.2, 0.25) is 5.91 Å². The molecule has 4 rings (SSSR count). The first kappa shape index (κ1) is 17.8. The minimum atomic E-state index is -0.0177. The van der Waals surface area contributed by atoms with Crippen LogP contribution >= 0.6 is 0 Å². The number of rotatable bonds is 5. The lowest BCUT2D eigenvalue weighted by molar-refractivity contribution is -0.116. The minimum Gasteiger partial charge on any atom is -0.459 e. The van der Waals surface area contributed by atoms with E-state index in [-0.39, 0.29) is 5.91 Å². The summed E-state index contributed by atoms with van der Waals surface area (Å²) >= 11 is 0. The summed E-state index contributed by atoms with van der Waals surface area (Å²) in [4.78, 5) is 12.5. The van der Waals surface area contributed by atoms with Crippen LogP contribution in [-0.2, 0) is 30.7 Å². The van der Waals surface area contributed by atoms with E-state index >= 15 is 0 Å². The molecule has 6 heteroatoms. The van der Waals surface area contributed by atoms with E-state index in [1.165, 1.54) is 5.69 Å². The first-order valence-electron chi connectivity index (χ1n) is 9.73. The van der Waals surface area contributed by atoms with E-state index < -0.39 is 0 Å². The van der Waals surface area contributed by atoms with Crippen molar-refractivity contribution in [3.05, 3.63) is 47.0 Å². The second-order valence-corrected chi connectivity index (χ2v) is 7.11. The number of fused-ring (bicyclic) bond motifs is 2. The quantitative estimate of drug-likeness (QED) is 0.724. The molecule has 0 spiro atoms. The molecule has 0 aliphatic carbocycles. The van der Waals surface area contributed by atoms with Gasteiger partial charge in [-0.15, -0.1) is 0 Å². The highest BCUT2D eigenvalue weighted by Crippen LogP contribution is 2.31. The summed E-state index contributed by atoms with van der Waals surface area (Å²) in [6.07, 6.45) is 2.97. The highest BCUT2D eigenvalue weighted by atomic mass is 16.3. The van der Waals surface area contributed by atoms with Crippen molar-refractivity contribution in [3.8, 4) is 0 Å². The van der Waals surface area contributed by atoms with Crippen LogP contribution < -0.4 is 10.6 Å². The second-order valence-electron chi connectivity index (χ2n) is 7.11. The Balaban J connectivity index is 1.43. The van der Waals surface area contributed by atoms with Crippen molar-refractivity contribution < 1.29 is 9.21 Å². The number of benzene rings is 1. The first-order valence-corrected chi connectivity index (χ1v) is 9.73. The number of hydrogen-bond acceptors (Lipinski definition) is 4. The lowest BCUT2D eigenvalue weighted by atomic mass is 10.1. The maximum Gasteiger partial charge on any atom is 0.224 e. The molecule has 0 unspecified atom stereocenters. The SMILES string of the molecule is CCc1oc2c(NC(=O)CCc3cc4n(n3)CCCNC4)cccc2c1C. The number of para-hydroxylation sites is 1. The number of furan rings is 1. The second kappa shape index (κ2) is 7.56. The highest BCUT2D eigenvalue weighted by molar-refractivity contribution is 6.00. The van der Waals surface area contributed by atoms with Crippen molar-refractivity contribution in [2.24, 2.45) is 0 Å². The van der Waals surface area contributed by atoms with Gasteiger partial charge in [0, 0.05) is 37.7 Å². The number of nitrogens with zero attached hydrogens (tertiary/aromatic N) is 2. The Labute approximate surface area is 158 Å². The fraction of sp³-hybridized carbons (Fsp3) is 0.429. The number of carbonyl (C=O) groups is 1. The van der Waals surface area contributed by atoms with E-state index in [9.17, 15) is 4.79 Å². The van der Waals surface area contributed by atoms with Crippen LogP contribution in [0.4, 0.5) is 5.69 Å². The van der Waals surface area contributed by atoms with Gasteiger partial charge in [-0.05, 0) is 37.6 Å². The Bertz CT molecular complexity index is 947. The first-order chi connectivity index (χ1) is 13.2. The molecule has 0 bridgehead atoms. The molecule has 2 aromatic heterocycles. The summed E-state index contributed by atoms with van der Waals surface area (Å²) in [7, 11) is 0. The highest BCUT2D eigenvalue weighted by Gasteiger charge is 2.15. The van der Waals surface area contributed by atoms with Gasteiger partial charge in [-0.25, -0.2) is 0 Å². The molecular weight excluding hydrogens is 340 g/mol. The lowest BCUT2D eigenvalue weighted by Crippen LogP contribution is -2.13. The van der Waals surface area contributed by atoms with Gasteiger partial charge in [0.05, 0.1) is 17.1 Å². The third kappa shape index (κ3) is 3.62. The zero-order chi connectivity index (χ0) is 18.8. The number of nitrogens with one attached hydrogen (secondary N) is 2. The number of aromatic nitrogens is 2. The van der Waals surface area contributed by atoms with E-state index in [1.807, 2.05) is 18.2 Å². The molecule has 3 aromatic rings. The van der Waals surface area contributed by atoms with Gasteiger partial charge < -0.3 is 15.1 Å². The lowest BCUT2D eigenvalue weighted by Gasteiger charge is -2.05. The smallest absolute Gasteiger partial charge is 0.224 e. The van der Waals surface area contributed by atoms with Crippen LogP contribution in [0.25, 0.3) is 11.0 Å². The number of hydrogen-bond donors (Lipinski definition) is 2. The predicted molar refractivity (Wildman–Crippen MR) is 106 cm³/mol. The number of carbonyl (C=O) groups excluding carboxylic acids is 1. The van der Waals surface area contributed by atoms with Gasteiger partial charge in [0.15, 0.2) is 5.58 Å². The van der Waals surface area contributed by atoms with Gasteiger partial charge >= 0.3 is 0 Å². The summed E-state index contributed by atoms with van der Waals surface area (Å²) in [6, 6.07) is 8.00. The van der Waals surface area contributed by atoms with E-state index in [1.54, 1.807) is 0 Å². The summed E-state index contributed by atoms with van der Waals surface area (Å²) < 4.78 is 8.03. The molecule has 2 N–H and O–H groups in total. The molecule has 1 aliphatic rings. The Morgan fingerprint density at radius 3 is 3.15 bits per heavy atom. The van der Waals surface area contributed by atoms with Crippen LogP contribution in [-0.4, -0.2) is 22.2 Å². The summed E-state index contributed by atoms with van der Waals surface area (Å²) in [5.74, 6) is 0.954. The van der Waals surface area contributed by atoms with Gasteiger partial charge in [0.25, 0.3) is 0 Å². The maximum absolute atomic E-state index is 12.5. The molecule has 142 valence electrons. The largest absolute Gasteiger partial charge is 0.459 e. The normalized spacial score (nSPS) is 14.1. The Morgan fingerprint density at radius 2 is 2.30 bits per heavy atom. The zero-order valence-corrected chi connectivity index (χ0v) is 16.0. The van der Waals surface area contributed by atoms with Gasteiger partial charge in [0.1, 0.15) is 5.76 Å². The van der Waals surface area contributed by atoms with Crippen molar-refractivity contribution in [1.29, 1.82) is 0 Å². The van der Waals surface area contributed by atoms with Crippen molar-refractivity contribution in [3.63, 3.8) is 0 Å². The number of amides is 1. The monoisotopic (exact) mass is 366 g/mol. The fourth-order valence-electron chi connectivity index (χ4n) is 3.73. The predicted octanol–water partition coefficient (Wildman–Crippen LogP) is 3.56. The van der Waals surface area contributed by atoms with E-state index in [0.29, 0.717) is 12.8 Å². The zero-order valence-electron chi connectivity index (χ0n) is 16.0. The van der Waals surface area contributed by atoms with Crippen molar-refractivity contribution in [2.45, 2.75) is 52.6 Å². The van der Waals surface area contributed by atoms with Gasteiger partial charge in [-0.2, -0.15) is 5.10 Å². The van der Waals surface area contributed by atoms with Gasteiger partial charge in [-0.3, -0.25) is 9.48 Å². The molecule has 0 fully saturated rings. The van der Waals surface area contributed by atoms with E-state index in [4.69, 9.17) is 4.42 Å². The minimum absolute atomic E-state index is 0.0177. The van der Waals surface area contributed by atoms with Crippen molar-refractivity contribution in [1.82, 2.24) is 15.1 Å². The van der Waals surface area contributed by atoms with Crippen LogP contribution in [0, 0.1) is 6.92 Å². The standard InChI is InChI=1S/C21H26N4O2/c1-3-19-14(2)17-6-4-7-18(21(17)27-19)23-20(26)9-8-15-12-16-13-22-10-5-11-25(16)24-15/h4,6-7,12,22H,3,5,8-11,13H2,1-2H3,(H,23,26). The Kier molecular flexibility index (Phi) is 4.99. The molecule has 0 atom stereocenters. The molecular formula is C21H26N4O2. The van der Waals surface area contributed by atoms with Crippen molar-refractivity contribution in [2.75, 3.05) is 11.9 Å². The van der Waals surface area contributed by atoms with Crippen LogP contribution in [0.3, 0.4) is 0 Å². The molecule has 27 heavy (non-hydrogen) atoms. The molecule has 0 radical (unpaired) electrons. The van der Waals surface area contributed by atoms with Crippen LogP contribution in [0.1, 0.15) is 42.5 Å².